The van der Waals surface area contributed by atoms with Crippen molar-refractivity contribution < 1.29 is 14.3 Å². The minimum atomic E-state index is -0.244. The van der Waals surface area contributed by atoms with E-state index in [1.165, 1.54) is 0 Å². The molecule has 0 aliphatic carbocycles. The summed E-state index contributed by atoms with van der Waals surface area (Å²) in [6.45, 7) is 4.99. The summed E-state index contributed by atoms with van der Waals surface area (Å²) in [5.41, 5.74) is 3.97. The predicted molar refractivity (Wildman–Crippen MR) is 122 cm³/mol. The molecule has 0 fully saturated rings. The monoisotopic (exact) mass is 465 g/mol. The van der Waals surface area contributed by atoms with E-state index in [0.29, 0.717) is 31.1 Å². The van der Waals surface area contributed by atoms with E-state index >= 15 is 0 Å². The van der Waals surface area contributed by atoms with Gasteiger partial charge in [0.15, 0.2) is 11.5 Å². The van der Waals surface area contributed by atoms with E-state index in [9.17, 15) is 4.79 Å². The van der Waals surface area contributed by atoms with E-state index in [2.05, 4.69) is 28.1 Å². The van der Waals surface area contributed by atoms with Crippen LogP contribution in [0.4, 0.5) is 5.69 Å². The largest absolute Gasteiger partial charge is 0.490 e. The smallest absolute Gasteiger partial charge is 0.232 e. The lowest BCUT2D eigenvalue weighted by molar-refractivity contribution is -0.118. The van der Waals surface area contributed by atoms with Crippen LogP contribution in [-0.4, -0.2) is 19.1 Å². The van der Waals surface area contributed by atoms with Crippen molar-refractivity contribution in [3.05, 3.63) is 87.9 Å². The van der Waals surface area contributed by atoms with E-state index < -0.39 is 0 Å². The summed E-state index contributed by atoms with van der Waals surface area (Å²) in [5, 5.41) is 0. The van der Waals surface area contributed by atoms with Gasteiger partial charge in [0.1, 0.15) is 0 Å². The van der Waals surface area contributed by atoms with Crippen LogP contribution in [0.15, 0.2) is 71.2 Å². The third-order valence-corrected chi connectivity index (χ3v) is 5.72. The topological polar surface area (TPSA) is 38.8 Å². The zero-order valence-electron chi connectivity index (χ0n) is 17.1. The number of nitrogens with zero attached hydrogens (tertiary/aromatic N) is 1. The van der Waals surface area contributed by atoms with Crippen molar-refractivity contribution in [3.8, 4) is 11.5 Å². The number of carbonyl (C=O) groups is 1. The second-order valence-corrected chi connectivity index (χ2v) is 8.01. The van der Waals surface area contributed by atoms with Crippen molar-refractivity contribution >= 4 is 27.5 Å². The lowest BCUT2D eigenvalue weighted by Gasteiger charge is -2.38. The Labute approximate surface area is 185 Å². The Balaban J connectivity index is 1.92. The van der Waals surface area contributed by atoms with E-state index in [-0.39, 0.29) is 11.9 Å². The summed E-state index contributed by atoms with van der Waals surface area (Å²) in [5.74, 6) is 1.46. The molecule has 0 saturated carbocycles. The number of carbonyl (C=O) groups excluding carboxylic acids is 1. The molecular weight excluding hydrogens is 442 g/mol. The van der Waals surface area contributed by atoms with Gasteiger partial charge < -0.3 is 14.4 Å². The zero-order chi connectivity index (χ0) is 21.1. The first-order valence-corrected chi connectivity index (χ1v) is 11.0. The van der Waals surface area contributed by atoms with Crippen LogP contribution in [0.3, 0.4) is 0 Å². The quantitative estimate of drug-likeness (QED) is 0.453. The minimum absolute atomic E-state index is 0.0632. The van der Waals surface area contributed by atoms with Gasteiger partial charge in [-0.2, -0.15) is 0 Å². The van der Waals surface area contributed by atoms with Gasteiger partial charge in [-0.05, 0) is 66.9 Å². The number of ether oxygens (including phenoxy) is 2. The van der Waals surface area contributed by atoms with E-state index in [1.807, 2.05) is 73.3 Å². The maximum Gasteiger partial charge on any atom is 0.232 e. The Morgan fingerprint density at radius 3 is 2.20 bits per heavy atom. The van der Waals surface area contributed by atoms with Crippen molar-refractivity contribution in [2.45, 2.75) is 26.3 Å². The summed E-state index contributed by atoms with van der Waals surface area (Å²) in [6, 6.07) is 21.7. The van der Waals surface area contributed by atoms with Gasteiger partial charge in [-0.3, -0.25) is 4.79 Å². The number of hydrogen-bond donors (Lipinski definition) is 0. The minimum Gasteiger partial charge on any atom is -0.490 e. The Kier molecular flexibility index (Phi) is 6.09. The van der Waals surface area contributed by atoms with Crippen LogP contribution in [0, 0.1) is 0 Å². The van der Waals surface area contributed by atoms with Crippen LogP contribution < -0.4 is 14.4 Å². The highest BCUT2D eigenvalue weighted by Crippen LogP contribution is 2.43. The zero-order valence-corrected chi connectivity index (χ0v) is 18.7. The lowest BCUT2D eigenvalue weighted by atomic mass is 9.87. The van der Waals surface area contributed by atoms with Crippen molar-refractivity contribution in [1.82, 2.24) is 0 Å². The van der Waals surface area contributed by atoms with Crippen LogP contribution in [0.1, 0.15) is 36.6 Å². The van der Waals surface area contributed by atoms with Crippen LogP contribution in [0.5, 0.6) is 11.5 Å². The Morgan fingerprint density at radius 1 is 0.933 bits per heavy atom. The highest BCUT2D eigenvalue weighted by atomic mass is 79.9. The molecule has 0 saturated heterocycles. The fourth-order valence-corrected chi connectivity index (χ4v) is 4.21. The predicted octanol–water partition coefficient (Wildman–Crippen LogP) is 5.93. The van der Waals surface area contributed by atoms with Gasteiger partial charge in [0.25, 0.3) is 0 Å². The molecule has 0 radical (unpaired) electrons. The normalized spacial score (nSPS) is 15.6. The molecule has 0 spiro atoms. The highest BCUT2D eigenvalue weighted by Gasteiger charge is 2.35. The second-order valence-electron chi connectivity index (χ2n) is 7.09. The number of hydrogen-bond acceptors (Lipinski definition) is 3. The van der Waals surface area contributed by atoms with Crippen molar-refractivity contribution in [3.63, 3.8) is 0 Å². The average Bonchev–Trinajstić information content (AvgIpc) is 2.75. The number of halogens is 1. The molecule has 0 unspecified atom stereocenters. The third kappa shape index (κ3) is 3.94. The maximum absolute atomic E-state index is 13.3. The second kappa shape index (κ2) is 8.92. The first-order chi connectivity index (χ1) is 14.6. The summed E-state index contributed by atoms with van der Waals surface area (Å²) >= 11 is 3.51. The SMILES string of the molecule is CCOc1cc2c(cc1OCC)[C@@H](c1ccc(Br)cc1)N(c1ccccc1)C(=O)C2. The molecule has 1 atom stereocenters. The van der Waals surface area contributed by atoms with E-state index in [0.717, 1.165) is 26.9 Å². The van der Waals surface area contributed by atoms with Crippen LogP contribution in [0.2, 0.25) is 0 Å². The van der Waals surface area contributed by atoms with E-state index in [4.69, 9.17) is 9.47 Å². The molecule has 1 aliphatic heterocycles. The van der Waals surface area contributed by atoms with Crippen molar-refractivity contribution in [2.24, 2.45) is 0 Å². The van der Waals surface area contributed by atoms with Crippen LogP contribution in [0.25, 0.3) is 0 Å². The number of fused-ring (bicyclic) bond motifs is 1. The summed E-state index contributed by atoms with van der Waals surface area (Å²) in [7, 11) is 0. The number of rotatable bonds is 6. The molecule has 0 aromatic heterocycles. The maximum atomic E-state index is 13.3. The summed E-state index contributed by atoms with van der Waals surface area (Å²) in [6.07, 6.45) is 0.323. The fourth-order valence-electron chi connectivity index (χ4n) is 3.95. The Bertz CT molecular complexity index is 1030. The number of anilines is 1. The summed E-state index contributed by atoms with van der Waals surface area (Å²) in [4.78, 5) is 15.2. The van der Waals surface area contributed by atoms with Gasteiger partial charge in [-0.25, -0.2) is 0 Å². The molecule has 0 bridgehead atoms. The van der Waals surface area contributed by atoms with Crippen molar-refractivity contribution in [2.75, 3.05) is 18.1 Å². The summed E-state index contributed by atoms with van der Waals surface area (Å²) < 4.78 is 12.7. The number of para-hydroxylation sites is 1. The molecule has 4 nitrogen and oxygen atoms in total. The third-order valence-electron chi connectivity index (χ3n) is 5.19. The lowest BCUT2D eigenvalue weighted by Crippen LogP contribution is -2.41. The number of amides is 1. The fraction of sp³-hybridized carbons (Fsp3) is 0.240. The number of benzene rings is 3. The van der Waals surface area contributed by atoms with Crippen molar-refractivity contribution in [1.29, 1.82) is 0 Å². The molecule has 1 heterocycles. The molecule has 154 valence electrons. The molecule has 1 amide bonds. The molecule has 5 heteroatoms. The molecule has 1 aliphatic rings. The first kappa shape index (κ1) is 20.5. The highest BCUT2D eigenvalue weighted by molar-refractivity contribution is 9.10. The Morgan fingerprint density at radius 2 is 1.57 bits per heavy atom. The van der Waals surface area contributed by atoms with Gasteiger partial charge in [-0.1, -0.05) is 46.3 Å². The molecular formula is C25H24BrNO3. The van der Waals surface area contributed by atoms with E-state index in [1.54, 1.807) is 0 Å². The average molecular weight is 466 g/mol. The van der Waals surface area contributed by atoms with Gasteiger partial charge in [0.2, 0.25) is 5.91 Å². The van der Waals surface area contributed by atoms with Gasteiger partial charge >= 0.3 is 0 Å². The van der Waals surface area contributed by atoms with Crippen LogP contribution in [-0.2, 0) is 11.2 Å². The molecule has 30 heavy (non-hydrogen) atoms. The first-order valence-electron chi connectivity index (χ1n) is 10.2. The van der Waals surface area contributed by atoms with Gasteiger partial charge in [-0.15, -0.1) is 0 Å². The molecule has 4 rings (SSSR count). The standard InChI is InChI=1S/C25H24BrNO3/c1-3-29-22-14-18-15-24(28)27(20-8-6-5-7-9-20)25(17-10-12-19(26)13-11-17)21(18)16-23(22)30-4-2/h5-14,16,25H,3-4,15H2,1-2H3/t25-/m1/s1. The van der Waals surface area contributed by atoms with Gasteiger partial charge in [0.05, 0.1) is 25.7 Å². The molecule has 3 aromatic carbocycles. The molecule has 0 N–H and O–H groups in total. The van der Waals surface area contributed by atoms with Gasteiger partial charge in [0, 0.05) is 10.2 Å². The Hall–Kier alpha value is -2.79. The van der Waals surface area contributed by atoms with Crippen LogP contribution >= 0.6 is 15.9 Å². The molecule has 3 aromatic rings.